The van der Waals surface area contributed by atoms with Gasteiger partial charge in [-0.05, 0) is 41.7 Å². The van der Waals surface area contributed by atoms with Crippen molar-refractivity contribution in [2.75, 3.05) is 6.54 Å². The molecule has 26 heavy (non-hydrogen) atoms. The van der Waals surface area contributed by atoms with Crippen LogP contribution in [-0.2, 0) is 4.79 Å². The number of carbonyl (C=O) groups excluding carboxylic acids is 1. The monoisotopic (exact) mass is 364 g/mol. The molecule has 1 heterocycles. The van der Waals surface area contributed by atoms with E-state index in [0.29, 0.717) is 5.39 Å². The lowest BCUT2D eigenvalue weighted by Crippen LogP contribution is -2.43. The van der Waals surface area contributed by atoms with Gasteiger partial charge in [-0.1, -0.05) is 50.2 Å². The Morgan fingerprint density at radius 1 is 1.15 bits per heavy atom. The normalized spacial score (nSPS) is 19.2. The molecule has 2 aromatic carbocycles. The van der Waals surface area contributed by atoms with E-state index in [1.54, 1.807) is 19.9 Å². The summed E-state index contributed by atoms with van der Waals surface area (Å²) in [7, 11) is 0. The summed E-state index contributed by atoms with van der Waals surface area (Å²) in [5.74, 6) is -0.183. The fraction of sp³-hybridized carbons (Fsp3) is 0.450. The van der Waals surface area contributed by atoms with Crippen molar-refractivity contribution in [1.82, 2.24) is 10.4 Å². The van der Waals surface area contributed by atoms with Crippen molar-refractivity contribution in [1.29, 1.82) is 0 Å². The molecule has 0 saturated carbocycles. The molecule has 3 rings (SSSR count). The van der Waals surface area contributed by atoms with Crippen molar-refractivity contribution in [3.05, 3.63) is 47.5 Å². The van der Waals surface area contributed by atoms with Gasteiger partial charge in [-0.3, -0.25) is 10.2 Å². The molecular weight excluding hydrogens is 341 g/mol. The first-order valence-corrected chi connectivity index (χ1v) is 8.68. The van der Waals surface area contributed by atoms with E-state index in [1.165, 1.54) is 6.07 Å². The van der Waals surface area contributed by atoms with Crippen LogP contribution in [0.4, 0.5) is 13.2 Å². The van der Waals surface area contributed by atoms with Gasteiger partial charge in [0.1, 0.15) is 0 Å². The zero-order valence-electron chi connectivity index (χ0n) is 15.3. The van der Waals surface area contributed by atoms with Gasteiger partial charge in [0.2, 0.25) is 5.91 Å². The van der Waals surface area contributed by atoms with Crippen LogP contribution < -0.4 is 5.43 Å². The Morgan fingerprint density at radius 2 is 1.85 bits per heavy atom. The highest BCUT2D eigenvalue weighted by Crippen LogP contribution is 2.43. The van der Waals surface area contributed by atoms with Crippen molar-refractivity contribution in [2.45, 2.75) is 45.8 Å². The highest BCUT2D eigenvalue weighted by Gasteiger charge is 2.51. The minimum absolute atomic E-state index is 0.00370. The van der Waals surface area contributed by atoms with Gasteiger partial charge >= 0.3 is 6.18 Å². The minimum Gasteiger partial charge on any atom is -0.287 e. The second kappa shape index (κ2) is 6.27. The molecule has 2 aromatic rings. The average molecular weight is 364 g/mol. The lowest BCUT2D eigenvalue weighted by molar-refractivity contribution is -0.191. The Labute approximate surface area is 151 Å². The SMILES string of the molecule is CC(C)c1ccc2cccc(C(N3CC(C)(C)C(=O)N3)C(F)(F)F)c2c1. The Morgan fingerprint density at radius 3 is 2.38 bits per heavy atom. The maximum atomic E-state index is 14.0. The first-order chi connectivity index (χ1) is 12.0. The number of alkyl halides is 3. The van der Waals surface area contributed by atoms with Gasteiger partial charge in [0.25, 0.3) is 0 Å². The molecule has 1 atom stereocenters. The molecule has 6 heteroatoms. The summed E-state index contributed by atoms with van der Waals surface area (Å²) in [6.07, 6.45) is -4.52. The second-order valence-corrected chi connectivity index (χ2v) is 7.88. The van der Waals surface area contributed by atoms with Crippen LogP contribution >= 0.6 is 0 Å². The number of hydrogen-bond acceptors (Lipinski definition) is 2. The van der Waals surface area contributed by atoms with Crippen molar-refractivity contribution in [2.24, 2.45) is 5.41 Å². The molecule has 0 aromatic heterocycles. The summed E-state index contributed by atoms with van der Waals surface area (Å²) >= 11 is 0. The number of nitrogens with one attached hydrogen (secondary N) is 1. The second-order valence-electron chi connectivity index (χ2n) is 7.88. The van der Waals surface area contributed by atoms with Crippen LogP contribution in [-0.4, -0.2) is 23.6 Å². The fourth-order valence-electron chi connectivity index (χ4n) is 3.41. The Hall–Kier alpha value is -2.08. The van der Waals surface area contributed by atoms with E-state index in [-0.39, 0.29) is 18.0 Å². The molecule has 1 aliphatic rings. The Bertz CT molecular complexity index is 843. The molecule has 0 aliphatic carbocycles. The van der Waals surface area contributed by atoms with Gasteiger partial charge < -0.3 is 0 Å². The summed E-state index contributed by atoms with van der Waals surface area (Å²) in [6.45, 7) is 7.31. The molecule has 1 aliphatic heterocycles. The fourth-order valence-corrected chi connectivity index (χ4v) is 3.41. The van der Waals surface area contributed by atoms with E-state index in [2.05, 4.69) is 5.43 Å². The third-order valence-corrected chi connectivity index (χ3v) is 4.95. The lowest BCUT2D eigenvalue weighted by Gasteiger charge is -2.30. The van der Waals surface area contributed by atoms with Gasteiger partial charge in [0.05, 0.1) is 5.41 Å². The predicted molar refractivity (Wildman–Crippen MR) is 95.5 cm³/mol. The molecule has 3 nitrogen and oxygen atoms in total. The van der Waals surface area contributed by atoms with E-state index in [1.807, 2.05) is 38.1 Å². The smallest absolute Gasteiger partial charge is 0.287 e. The maximum absolute atomic E-state index is 14.0. The van der Waals surface area contributed by atoms with Crippen LogP contribution in [0.5, 0.6) is 0 Å². The molecule has 1 saturated heterocycles. The zero-order chi connectivity index (χ0) is 19.3. The molecule has 0 radical (unpaired) electrons. The summed E-state index contributed by atoms with van der Waals surface area (Å²) in [4.78, 5) is 12.1. The van der Waals surface area contributed by atoms with E-state index >= 15 is 0 Å². The molecule has 0 spiro atoms. The van der Waals surface area contributed by atoms with Gasteiger partial charge in [-0.15, -0.1) is 0 Å². The number of benzene rings is 2. The predicted octanol–water partition coefficient (Wildman–Crippen LogP) is 4.94. The van der Waals surface area contributed by atoms with Crippen molar-refractivity contribution in [3.8, 4) is 0 Å². The van der Waals surface area contributed by atoms with E-state index in [9.17, 15) is 18.0 Å². The maximum Gasteiger partial charge on any atom is 0.409 e. The van der Waals surface area contributed by atoms with Gasteiger partial charge in [0, 0.05) is 6.54 Å². The van der Waals surface area contributed by atoms with Gasteiger partial charge in [0.15, 0.2) is 6.04 Å². The number of halogens is 3. The Kier molecular flexibility index (Phi) is 4.51. The molecule has 0 bridgehead atoms. The summed E-state index contributed by atoms with van der Waals surface area (Å²) < 4.78 is 42.1. The van der Waals surface area contributed by atoms with Crippen molar-refractivity contribution >= 4 is 16.7 Å². The van der Waals surface area contributed by atoms with Crippen LogP contribution in [0.25, 0.3) is 10.8 Å². The highest BCUT2D eigenvalue weighted by molar-refractivity contribution is 5.87. The van der Waals surface area contributed by atoms with Crippen LogP contribution in [0.1, 0.15) is 50.8 Å². The topological polar surface area (TPSA) is 32.3 Å². The van der Waals surface area contributed by atoms with Crippen LogP contribution in [0.15, 0.2) is 36.4 Å². The highest BCUT2D eigenvalue weighted by atomic mass is 19.4. The number of carbonyl (C=O) groups is 1. The number of hydrogen-bond donors (Lipinski definition) is 1. The first-order valence-electron chi connectivity index (χ1n) is 8.68. The quantitative estimate of drug-likeness (QED) is 0.837. The van der Waals surface area contributed by atoms with Crippen LogP contribution in [0.2, 0.25) is 0 Å². The zero-order valence-corrected chi connectivity index (χ0v) is 15.3. The summed E-state index contributed by atoms with van der Waals surface area (Å²) in [5.41, 5.74) is 2.71. The number of nitrogens with zero attached hydrogens (tertiary/aromatic N) is 1. The standard InChI is InChI=1S/C20H23F3N2O/c1-12(2)14-9-8-13-6-5-7-15(16(13)10-14)17(20(21,22)23)25-11-19(3,4)18(26)24-25/h5-10,12,17H,11H2,1-4H3,(H,24,26). The summed E-state index contributed by atoms with van der Waals surface area (Å²) in [6, 6.07) is 8.68. The number of fused-ring (bicyclic) bond motifs is 1. The lowest BCUT2D eigenvalue weighted by atomic mass is 9.92. The first kappa shape index (κ1) is 18.7. The summed E-state index contributed by atoms with van der Waals surface area (Å²) in [5, 5.41) is 2.35. The molecule has 1 amide bonds. The van der Waals surface area contributed by atoms with E-state index < -0.39 is 23.5 Å². The Balaban J connectivity index is 2.16. The van der Waals surface area contributed by atoms with Crippen molar-refractivity contribution in [3.63, 3.8) is 0 Å². The molecular formula is C20H23F3N2O. The van der Waals surface area contributed by atoms with E-state index in [4.69, 9.17) is 0 Å². The third kappa shape index (κ3) is 3.30. The average Bonchev–Trinajstić information content (AvgIpc) is 2.78. The molecule has 1 unspecified atom stereocenters. The molecule has 1 N–H and O–H groups in total. The van der Waals surface area contributed by atoms with Gasteiger partial charge in [-0.25, -0.2) is 5.01 Å². The largest absolute Gasteiger partial charge is 0.409 e. The van der Waals surface area contributed by atoms with E-state index in [0.717, 1.165) is 16.0 Å². The molecule has 140 valence electrons. The number of amides is 1. The number of rotatable bonds is 3. The minimum atomic E-state index is -4.52. The van der Waals surface area contributed by atoms with Crippen LogP contribution in [0.3, 0.4) is 0 Å². The third-order valence-electron chi connectivity index (χ3n) is 4.95. The van der Waals surface area contributed by atoms with Crippen molar-refractivity contribution < 1.29 is 18.0 Å². The van der Waals surface area contributed by atoms with Crippen LogP contribution in [0, 0.1) is 5.41 Å². The number of hydrazine groups is 1. The molecule has 1 fully saturated rings. The van der Waals surface area contributed by atoms with Gasteiger partial charge in [-0.2, -0.15) is 13.2 Å².